The molecule has 3 rings (SSSR count). The summed E-state index contributed by atoms with van der Waals surface area (Å²) in [4.78, 5) is 24.9. The number of aryl methyl sites for hydroxylation is 2. The Labute approximate surface area is 149 Å². The molecule has 0 fully saturated rings. The third-order valence-corrected chi connectivity index (χ3v) is 4.00. The molecule has 1 heterocycles. The monoisotopic (exact) mass is 352 g/mol. The average Bonchev–Trinajstić information content (AvgIpc) is 3.04. The van der Waals surface area contributed by atoms with E-state index in [-0.39, 0.29) is 11.4 Å². The summed E-state index contributed by atoms with van der Waals surface area (Å²) in [5.74, 6) is -0.928. The summed E-state index contributed by atoms with van der Waals surface area (Å²) in [5, 5.41) is 5.48. The normalized spacial score (nSPS) is 10.3. The predicted octanol–water partition coefficient (Wildman–Crippen LogP) is 3.66. The van der Waals surface area contributed by atoms with Crippen LogP contribution in [0, 0.1) is 13.8 Å². The van der Waals surface area contributed by atoms with Crippen LogP contribution in [0.25, 0.3) is 0 Å². The molecule has 0 aliphatic rings. The summed E-state index contributed by atoms with van der Waals surface area (Å²) in [6, 6.07) is 14.8. The SMILES string of the molecule is Cc1cccc(NC(=O)c2nsnc2C(=O)Nc2cccc(C)c2)c1. The maximum atomic E-state index is 12.4. The summed E-state index contributed by atoms with van der Waals surface area (Å²) in [7, 11) is 0. The number of benzene rings is 2. The van der Waals surface area contributed by atoms with Crippen LogP contribution in [0.15, 0.2) is 48.5 Å². The van der Waals surface area contributed by atoms with E-state index in [0.29, 0.717) is 11.4 Å². The van der Waals surface area contributed by atoms with Gasteiger partial charge in [0.15, 0.2) is 11.4 Å². The highest BCUT2D eigenvalue weighted by Crippen LogP contribution is 2.15. The van der Waals surface area contributed by atoms with E-state index in [2.05, 4.69) is 19.4 Å². The van der Waals surface area contributed by atoms with Gasteiger partial charge in [-0.3, -0.25) is 9.59 Å². The number of hydrogen-bond acceptors (Lipinski definition) is 5. The zero-order valence-electron chi connectivity index (χ0n) is 13.7. The van der Waals surface area contributed by atoms with Crippen molar-refractivity contribution in [2.75, 3.05) is 10.6 Å². The lowest BCUT2D eigenvalue weighted by Gasteiger charge is -2.07. The standard InChI is InChI=1S/C18H16N4O2S/c1-11-5-3-7-13(9-11)19-17(23)15-16(22-25-21-15)18(24)20-14-8-4-6-12(2)10-14/h3-10H,1-2H3,(H,19,23)(H,20,24). The number of hydrogen-bond donors (Lipinski definition) is 2. The van der Waals surface area contributed by atoms with Gasteiger partial charge < -0.3 is 10.6 Å². The number of carbonyl (C=O) groups excluding carboxylic acids is 2. The molecule has 3 aromatic rings. The second-order valence-electron chi connectivity index (χ2n) is 5.61. The molecule has 0 saturated carbocycles. The molecular weight excluding hydrogens is 336 g/mol. The van der Waals surface area contributed by atoms with Gasteiger partial charge in [-0.1, -0.05) is 24.3 Å². The molecule has 2 N–H and O–H groups in total. The van der Waals surface area contributed by atoms with Crippen LogP contribution >= 0.6 is 11.7 Å². The summed E-state index contributed by atoms with van der Waals surface area (Å²) < 4.78 is 7.95. The van der Waals surface area contributed by atoms with Crippen molar-refractivity contribution in [1.82, 2.24) is 8.75 Å². The molecule has 2 aromatic carbocycles. The molecule has 0 spiro atoms. The van der Waals surface area contributed by atoms with E-state index in [0.717, 1.165) is 22.9 Å². The van der Waals surface area contributed by atoms with Gasteiger partial charge in [-0.05, 0) is 49.2 Å². The van der Waals surface area contributed by atoms with Crippen LogP contribution in [0.5, 0.6) is 0 Å². The van der Waals surface area contributed by atoms with Gasteiger partial charge in [0.05, 0.1) is 11.7 Å². The van der Waals surface area contributed by atoms with Crippen LogP contribution in [0.3, 0.4) is 0 Å². The zero-order valence-corrected chi connectivity index (χ0v) is 14.6. The van der Waals surface area contributed by atoms with Crippen molar-refractivity contribution in [3.8, 4) is 0 Å². The minimum Gasteiger partial charge on any atom is -0.321 e. The van der Waals surface area contributed by atoms with Crippen molar-refractivity contribution in [1.29, 1.82) is 0 Å². The number of aromatic nitrogens is 2. The minimum absolute atomic E-state index is 0.0108. The van der Waals surface area contributed by atoms with Gasteiger partial charge in [-0.2, -0.15) is 8.75 Å². The number of nitrogens with one attached hydrogen (secondary N) is 2. The van der Waals surface area contributed by atoms with E-state index in [4.69, 9.17) is 0 Å². The lowest BCUT2D eigenvalue weighted by atomic mass is 10.2. The smallest absolute Gasteiger partial charge is 0.277 e. The van der Waals surface area contributed by atoms with Gasteiger partial charge in [0.25, 0.3) is 11.8 Å². The average molecular weight is 352 g/mol. The molecule has 2 amide bonds. The number of nitrogens with zero attached hydrogens (tertiary/aromatic N) is 2. The van der Waals surface area contributed by atoms with Gasteiger partial charge in [0.2, 0.25) is 0 Å². The Kier molecular flexibility index (Phi) is 4.85. The molecule has 1 aromatic heterocycles. The van der Waals surface area contributed by atoms with Gasteiger partial charge in [0.1, 0.15) is 0 Å². The van der Waals surface area contributed by atoms with Gasteiger partial charge in [-0.25, -0.2) is 0 Å². The molecule has 25 heavy (non-hydrogen) atoms. The van der Waals surface area contributed by atoms with E-state index in [1.165, 1.54) is 0 Å². The zero-order chi connectivity index (χ0) is 17.8. The fourth-order valence-electron chi connectivity index (χ4n) is 2.31. The van der Waals surface area contributed by atoms with Crippen LogP contribution in [0.1, 0.15) is 32.1 Å². The van der Waals surface area contributed by atoms with Crippen LogP contribution in [-0.2, 0) is 0 Å². The molecule has 0 aliphatic carbocycles. The van der Waals surface area contributed by atoms with Crippen molar-refractivity contribution < 1.29 is 9.59 Å². The van der Waals surface area contributed by atoms with E-state index < -0.39 is 11.8 Å². The lowest BCUT2D eigenvalue weighted by Crippen LogP contribution is -2.20. The van der Waals surface area contributed by atoms with Crippen molar-refractivity contribution in [3.63, 3.8) is 0 Å². The molecule has 0 bridgehead atoms. The summed E-state index contributed by atoms with van der Waals surface area (Å²) in [6.45, 7) is 3.86. The Morgan fingerprint density at radius 3 is 1.64 bits per heavy atom. The van der Waals surface area contributed by atoms with Crippen molar-refractivity contribution in [3.05, 3.63) is 71.0 Å². The minimum atomic E-state index is -0.464. The van der Waals surface area contributed by atoms with Crippen LogP contribution < -0.4 is 10.6 Å². The van der Waals surface area contributed by atoms with Crippen LogP contribution in [0.2, 0.25) is 0 Å². The second-order valence-corrected chi connectivity index (χ2v) is 6.14. The fourth-order valence-corrected chi connectivity index (χ4v) is 2.86. The molecule has 0 aliphatic heterocycles. The highest BCUT2D eigenvalue weighted by molar-refractivity contribution is 6.99. The number of rotatable bonds is 4. The highest BCUT2D eigenvalue weighted by Gasteiger charge is 2.22. The topological polar surface area (TPSA) is 84.0 Å². The van der Waals surface area contributed by atoms with Crippen molar-refractivity contribution in [2.45, 2.75) is 13.8 Å². The molecular formula is C18H16N4O2S. The number of anilines is 2. The first-order valence-electron chi connectivity index (χ1n) is 7.61. The second kappa shape index (κ2) is 7.23. The molecule has 126 valence electrons. The van der Waals surface area contributed by atoms with E-state index in [1.54, 1.807) is 12.1 Å². The van der Waals surface area contributed by atoms with Gasteiger partial charge >= 0.3 is 0 Å². The maximum absolute atomic E-state index is 12.4. The molecule has 0 unspecified atom stereocenters. The first-order chi connectivity index (χ1) is 12.0. The maximum Gasteiger partial charge on any atom is 0.277 e. The highest BCUT2D eigenvalue weighted by atomic mass is 32.1. The van der Waals surface area contributed by atoms with E-state index in [1.807, 2.05) is 50.2 Å². The number of carbonyl (C=O) groups is 2. The molecule has 6 nitrogen and oxygen atoms in total. The molecule has 7 heteroatoms. The number of amides is 2. The third kappa shape index (κ3) is 4.07. The molecule has 0 atom stereocenters. The third-order valence-electron chi connectivity index (χ3n) is 3.47. The molecule has 0 saturated heterocycles. The fraction of sp³-hybridized carbons (Fsp3) is 0.111. The quantitative estimate of drug-likeness (QED) is 0.750. The Balaban J connectivity index is 1.77. The predicted molar refractivity (Wildman–Crippen MR) is 98.2 cm³/mol. The lowest BCUT2D eigenvalue weighted by molar-refractivity contribution is 0.0985. The van der Waals surface area contributed by atoms with E-state index >= 15 is 0 Å². The summed E-state index contributed by atoms with van der Waals surface area (Å²) >= 11 is 0.829. The Morgan fingerprint density at radius 1 is 0.800 bits per heavy atom. The van der Waals surface area contributed by atoms with Gasteiger partial charge in [0, 0.05) is 11.4 Å². The van der Waals surface area contributed by atoms with Crippen LogP contribution in [0.4, 0.5) is 11.4 Å². The largest absolute Gasteiger partial charge is 0.321 e. The summed E-state index contributed by atoms with van der Waals surface area (Å²) in [5.41, 5.74) is 3.35. The Hall–Kier alpha value is -3.06. The van der Waals surface area contributed by atoms with Gasteiger partial charge in [-0.15, -0.1) is 0 Å². The van der Waals surface area contributed by atoms with E-state index in [9.17, 15) is 9.59 Å². The summed E-state index contributed by atoms with van der Waals surface area (Å²) in [6.07, 6.45) is 0. The first kappa shape index (κ1) is 16.8. The Bertz CT molecular complexity index is 862. The Morgan fingerprint density at radius 2 is 1.24 bits per heavy atom. The van der Waals surface area contributed by atoms with Crippen molar-refractivity contribution >= 4 is 34.9 Å². The molecule has 0 radical (unpaired) electrons. The first-order valence-corrected chi connectivity index (χ1v) is 8.34. The van der Waals surface area contributed by atoms with Crippen molar-refractivity contribution in [2.24, 2.45) is 0 Å². The van der Waals surface area contributed by atoms with Crippen LogP contribution in [-0.4, -0.2) is 20.6 Å².